The first-order valence-corrected chi connectivity index (χ1v) is 5.20. The van der Waals surface area contributed by atoms with Crippen LogP contribution in [0, 0.1) is 5.92 Å². The zero-order valence-corrected chi connectivity index (χ0v) is 8.79. The SMILES string of the molecule is C=CCNC1CCC(C(=O)OC)CC1. The molecule has 0 aromatic carbocycles. The minimum Gasteiger partial charge on any atom is -0.469 e. The first-order valence-electron chi connectivity index (χ1n) is 5.20. The lowest BCUT2D eigenvalue weighted by Crippen LogP contribution is -2.35. The summed E-state index contributed by atoms with van der Waals surface area (Å²) in [5.41, 5.74) is 0. The Morgan fingerprint density at radius 2 is 2.14 bits per heavy atom. The first-order chi connectivity index (χ1) is 6.77. The third kappa shape index (κ3) is 3.14. The molecule has 80 valence electrons. The number of nitrogens with one attached hydrogen (secondary N) is 1. The second-order valence-corrected chi connectivity index (χ2v) is 3.77. The van der Waals surface area contributed by atoms with Crippen LogP contribution >= 0.6 is 0 Å². The van der Waals surface area contributed by atoms with Crippen LogP contribution in [0.15, 0.2) is 12.7 Å². The predicted molar refractivity (Wildman–Crippen MR) is 56.0 cm³/mol. The molecule has 0 atom stereocenters. The van der Waals surface area contributed by atoms with E-state index in [0.717, 1.165) is 32.2 Å². The van der Waals surface area contributed by atoms with Gasteiger partial charge in [-0.05, 0) is 25.7 Å². The minimum absolute atomic E-state index is 0.0489. The molecule has 14 heavy (non-hydrogen) atoms. The highest BCUT2D eigenvalue weighted by Gasteiger charge is 2.26. The molecule has 1 N–H and O–H groups in total. The summed E-state index contributed by atoms with van der Waals surface area (Å²) in [5.74, 6) is 0.0777. The van der Waals surface area contributed by atoms with Crippen LogP contribution in [0.5, 0.6) is 0 Å². The van der Waals surface area contributed by atoms with E-state index < -0.39 is 0 Å². The van der Waals surface area contributed by atoms with Crippen LogP contribution < -0.4 is 5.32 Å². The van der Waals surface area contributed by atoms with Crippen molar-refractivity contribution in [1.82, 2.24) is 5.32 Å². The lowest BCUT2D eigenvalue weighted by molar-refractivity contribution is -0.146. The molecule has 1 aliphatic carbocycles. The van der Waals surface area contributed by atoms with Crippen molar-refractivity contribution in [3.8, 4) is 0 Å². The van der Waals surface area contributed by atoms with Gasteiger partial charge in [-0.1, -0.05) is 6.08 Å². The van der Waals surface area contributed by atoms with Crippen molar-refractivity contribution >= 4 is 5.97 Å². The highest BCUT2D eigenvalue weighted by atomic mass is 16.5. The molecule has 0 heterocycles. The Balaban J connectivity index is 2.24. The Kier molecular flexibility index (Phi) is 4.66. The van der Waals surface area contributed by atoms with Crippen molar-refractivity contribution in [3.05, 3.63) is 12.7 Å². The highest BCUT2D eigenvalue weighted by Crippen LogP contribution is 2.24. The second-order valence-electron chi connectivity index (χ2n) is 3.77. The first kappa shape index (κ1) is 11.2. The normalized spacial score (nSPS) is 26.9. The minimum atomic E-state index is -0.0489. The summed E-state index contributed by atoms with van der Waals surface area (Å²) in [7, 11) is 1.46. The Bertz CT molecular complexity index is 195. The van der Waals surface area contributed by atoms with Crippen molar-refractivity contribution in [3.63, 3.8) is 0 Å². The largest absolute Gasteiger partial charge is 0.469 e. The number of methoxy groups -OCH3 is 1. The average Bonchev–Trinajstić information content (AvgIpc) is 2.26. The van der Waals surface area contributed by atoms with Crippen LogP contribution in [0.4, 0.5) is 0 Å². The van der Waals surface area contributed by atoms with Crippen LogP contribution in [0.2, 0.25) is 0 Å². The van der Waals surface area contributed by atoms with Gasteiger partial charge in [-0.2, -0.15) is 0 Å². The Hall–Kier alpha value is -0.830. The number of rotatable bonds is 4. The summed E-state index contributed by atoms with van der Waals surface area (Å²) < 4.78 is 4.73. The molecule has 0 radical (unpaired) electrons. The fourth-order valence-corrected chi connectivity index (χ4v) is 1.95. The standard InChI is InChI=1S/C11H19NO2/c1-3-8-12-10-6-4-9(5-7-10)11(13)14-2/h3,9-10,12H,1,4-8H2,2H3. The van der Waals surface area contributed by atoms with E-state index >= 15 is 0 Å². The zero-order valence-electron chi connectivity index (χ0n) is 8.79. The molecular formula is C11H19NO2. The van der Waals surface area contributed by atoms with Gasteiger partial charge in [0.25, 0.3) is 0 Å². The van der Waals surface area contributed by atoms with Crippen molar-refractivity contribution < 1.29 is 9.53 Å². The molecule has 0 saturated heterocycles. The van der Waals surface area contributed by atoms with Gasteiger partial charge < -0.3 is 10.1 Å². The van der Waals surface area contributed by atoms with E-state index in [-0.39, 0.29) is 11.9 Å². The maximum atomic E-state index is 11.2. The fourth-order valence-electron chi connectivity index (χ4n) is 1.95. The van der Waals surface area contributed by atoms with Gasteiger partial charge in [0.1, 0.15) is 0 Å². The number of carbonyl (C=O) groups excluding carboxylic acids is 1. The summed E-state index contributed by atoms with van der Waals surface area (Å²) in [4.78, 5) is 11.2. The summed E-state index contributed by atoms with van der Waals surface area (Å²) in [5, 5.41) is 3.38. The Morgan fingerprint density at radius 3 is 2.64 bits per heavy atom. The predicted octanol–water partition coefficient (Wildman–Crippen LogP) is 1.49. The summed E-state index contributed by atoms with van der Waals surface area (Å²) in [6, 6.07) is 0.550. The van der Waals surface area contributed by atoms with Crippen molar-refractivity contribution in [2.45, 2.75) is 31.7 Å². The smallest absolute Gasteiger partial charge is 0.308 e. The molecule has 3 heteroatoms. The quantitative estimate of drug-likeness (QED) is 0.548. The van der Waals surface area contributed by atoms with E-state index in [1.165, 1.54) is 7.11 Å². The molecule has 0 bridgehead atoms. The van der Waals surface area contributed by atoms with Crippen molar-refractivity contribution in [2.75, 3.05) is 13.7 Å². The lowest BCUT2D eigenvalue weighted by atomic mass is 9.86. The van der Waals surface area contributed by atoms with Gasteiger partial charge in [0.15, 0.2) is 0 Å². The van der Waals surface area contributed by atoms with Gasteiger partial charge in [-0.15, -0.1) is 6.58 Å². The van der Waals surface area contributed by atoms with E-state index in [2.05, 4.69) is 11.9 Å². The van der Waals surface area contributed by atoms with Gasteiger partial charge >= 0.3 is 5.97 Å². The van der Waals surface area contributed by atoms with E-state index in [9.17, 15) is 4.79 Å². The molecule has 3 nitrogen and oxygen atoms in total. The molecule has 0 spiro atoms. The van der Waals surface area contributed by atoms with Crippen LogP contribution in [-0.2, 0) is 9.53 Å². The van der Waals surface area contributed by atoms with Crippen LogP contribution in [0.25, 0.3) is 0 Å². The molecule has 0 aromatic heterocycles. The summed E-state index contributed by atoms with van der Waals surface area (Å²) >= 11 is 0. The van der Waals surface area contributed by atoms with E-state index in [1.54, 1.807) is 0 Å². The molecule has 1 aliphatic rings. The molecular weight excluding hydrogens is 178 g/mol. The van der Waals surface area contributed by atoms with Gasteiger partial charge in [-0.25, -0.2) is 0 Å². The topological polar surface area (TPSA) is 38.3 Å². The Morgan fingerprint density at radius 1 is 1.50 bits per heavy atom. The summed E-state index contributed by atoms with van der Waals surface area (Å²) in [6.07, 6.45) is 5.89. The van der Waals surface area contributed by atoms with Gasteiger partial charge in [0.2, 0.25) is 0 Å². The Labute approximate surface area is 85.5 Å². The maximum Gasteiger partial charge on any atom is 0.308 e. The van der Waals surface area contributed by atoms with Crippen molar-refractivity contribution in [2.24, 2.45) is 5.92 Å². The number of hydrogen-bond donors (Lipinski definition) is 1. The van der Waals surface area contributed by atoms with Crippen LogP contribution in [-0.4, -0.2) is 25.7 Å². The molecule has 0 unspecified atom stereocenters. The number of carbonyl (C=O) groups is 1. The van der Waals surface area contributed by atoms with Gasteiger partial charge in [0, 0.05) is 12.6 Å². The highest BCUT2D eigenvalue weighted by molar-refractivity contribution is 5.72. The van der Waals surface area contributed by atoms with Crippen LogP contribution in [0.1, 0.15) is 25.7 Å². The molecule has 1 rings (SSSR count). The molecule has 0 amide bonds. The van der Waals surface area contributed by atoms with E-state index in [0.29, 0.717) is 6.04 Å². The molecule has 1 saturated carbocycles. The number of ether oxygens (including phenoxy) is 1. The second kappa shape index (κ2) is 5.81. The third-order valence-corrected chi connectivity index (χ3v) is 2.81. The van der Waals surface area contributed by atoms with Crippen molar-refractivity contribution in [1.29, 1.82) is 0 Å². The van der Waals surface area contributed by atoms with E-state index in [1.807, 2.05) is 6.08 Å². The summed E-state index contributed by atoms with van der Waals surface area (Å²) in [6.45, 7) is 4.52. The maximum absolute atomic E-state index is 11.2. The monoisotopic (exact) mass is 197 g/mol. The zero-order chi connectivity index (χ0) is 10.4. The number of hydrogen-bond acceptors (Lipinski definition) is 3. The van der Waals surface area contributed by atoms with Gasteiger partial charge in [-0.3, -0.25) is 4.79 Å². The molecule has 1 fully saturated rings. The van der Waals surface area contributed by atoms with E-state index in [4.69, 9.17) is 4.74 Å². The van der Waals surface area contributed by atoms with Crippen LogP contribution in [0.3, 0.4) is 0 Å². The molecule has 0 aromatic rings. The molecule has 0 aliphatic heterocycles. The van der Waals surface area contributed by atoms with Gasteiger partial charge in [0.05, 0.1) is 13.0 Å². The third-order valence-electron chi connectivity index (χ3n) is 2.81. The average molecular weight is 197 g/mol. The number of esters is 1. The lowest BCUT2D eigenvalue weighted by Gasteiger charge is -2.27. The fraction of sp³-hybridized carbons (Fsp3) is 0.727.